The summed E-state index contributed by atoms with van der Waals surface area (Å²) in [5, 5.41) is 3.36. The van der Waals surface area contributed by atoms with Gasteiger partial charge in [0.2, 0.25) is 0 Å². The predicted octanol–water partition coefficient (Wildman–Crippen LogP) is 4.57. The Labute approximate surface area is 117 Å². The molecule has 0 aliphatic carbocycles. The Morgan fingerprint density at radius 3 is 2.81 bits per heavy atom. The van der Waals surface area contributed by atoms with Gasteiger partial charge in [-0.3, -0.25) is 0 Å². The van der Waals surface area contributed by atoms with Crippen molar-refractivity contribution < 1.29 is 4.42 Å². The molecule has 1 aromatic carbocycles. The molecule has 1 N–H and O–H groups in total. The summed E-state index contributed by atoms with van der Waals surface area (Å²) in [5.74, 6) is 0.948. The van der Waals surface area contributed by atoms with Gasteiger partial charge in [-0.15, -0.1) is 0 Å². The third kappa shape index (κ3) is 2.79. The summed E-state index contributed by atoms with van der Waals surface area (Å²) in [4.78, 5) is 0. The second-order valence-corrected chi connectivity index (χ2v) is 5.39. The zero-order valence-corrected chi connectivity index (χ0v) is 12.5. The number of halogens is 2. The standard InChI is InChI=1S/C12H11BrINO/c1-8-10(13)3-2-4-11(8)15-7-9-5-6-12(14)16-9/h2-6,15H,7H2,1H3. The molecule has 4 heteroatoms. The van der Waals surface area contributed by atoms with E-state index in [0.29, 0.717) is 6.54 Å². The van der Waals surface area contributed by atoms with E-state index in [-0.39, 0.29) is 0 Å². The highest BCUT2D eigenvalue weighted by molar-refractivity contribution is 14.1. The molecule has 0 amide bonds. The molecule has 84 valence electrons. The summed E-state index contributed by atoms with van der Waals surface area (Å²) < 4.78 is 7.52. The van der Waals surface area contributed by atoms with E-state index in [0.717, 1.165) is 19.7 Å². The highest BCUT2D eigenvalue weighted by Crippen LogP contribution is 2.24. The molecule has 0 saturated heterocycles. The molecule has 0 unspecified atom stereocenters. The van der Waals surface area contributed by atoms with Gasteiger partial charge >= 0.3 is 0 Å². The molecule has 2 rings (SSSR count). The lowest BCUT2D eigenvalue weighted by Crippen LogP contribution is -2.00. The quantitative estimate of drug-likeness (QED) is 0.775. The molecule has 0 spiro atoms. The van der Waals surface area contributed by atoms with Crippen molar-refractivity contribution in [2.24, 2.45) is 0 Å². The number of benzene rings is 1. The SMILES string of the molecule is Cc1c(Br)cccc1NCc1ccc(I)o1. The Hall–Kier alpha value is -0.490. The lowest BCUT2D eigenvalue weighted by atomic mass is 10.2. The van der Waals surface area contributed by atoms with Gasteiger partial charge in [0.15, 0.2) is 3.77 Å². The molecule has 0 bridgehead atoms. The first kappa shape index (κ1) is 12.0. The monoisotopic (exact) mass is 391 g/mol. The van der Waals surface area contributed by atoms with Gasteiger partial charge < -0.3 is 9.73 Å². The fourth-order valence-corrected chi connectivity index (χ4v) is 2.26. The van der Waals surface area contributed by atoms with Crippen LogP contribution in [0.4, 0.5) is 5.69 Å². The van der Waals surface area contributed by atoms with Gasteiger partial charge in [0.05, 0.1) is 6.54 Å². The van der Waals surface area contributed by atoms with Crippen LogP contribution in [0.1, 0.15) is 11.3 Å². The summed E-state index contributed by atoms with van der Waals surface area (Å²) in [6.07, 6.45) is 0. The van der Waals surface area contributed by atoms with Crippen LogP contribution in [0.25, 0.3) is 0 Å². The van der Waals surface area contributed by atoms with Crippen LogP contribution in [0.15, 0.2) is 39.2 Å². The molecule has 0 atom stereocenters. The van der Waals surface area contributed by atoms with Crippen LogP contribution < -0.4 is 5.32 Å². The Morgan fingerprint density at radius 2 is 2.12 bits per heavy atom. The second kappa shape index (κ2) is 5.23. The number of furan rings is 1. The van der Waals surface area contributed by atoms with Crippen molar-refractivity contribution in [3.8, 4) is 0 Å². The summed E-state index contributed by atoms with van der Waals surface area (Å²) in [6, 6.07) is 10.1. The molecule has 1 heterocycles. The van der Waals surface area contributed by atoms with Crippen LogP contribution in [0.3, 0.4) is 0 Å². The maximum Gasteiger partial charge on any atom is 0.164 e. The Kier molecular flexibility index (Phi) is 3.91. The number of rotatable bonds is 3. The smallest absolute Gasteiger partial charge is 0.164 e. The lowest BCUT2D eigenvalue weighted by molar-refractivity contribution is 0.493. The molecule has 2 aromatic rings. The van der Waals surface area contributed by atoms with Crippen LogP contribution in [0.2, 0.25) is 0 Å². The number of hydrogen-bond acceptors (Lipinski definition) is 2. The van der Waals surface area contributed by atoms with Gasteiger partial charge in [-0.1, -0.05) is 22.0 Å². The second-order valence-electron chi connectivity index (χ2n) is 3.47. The van der Waals surface area contributed by atoms with Crippen LogP contribution in [-0.4, -0.2) is 0 Å². The third-order valence-corrected chi connectivity index (χ3v) is 3.79. The molecular weight excluding hydrogens is 381 g/mol. The summed E-state index contributed by atoms with van der Waals surface area (Å²) in [5.41, 5.74) is 2.34. The fourth-order valence-electron chi connectivity index (χ4n) is 1.43. The van der Waals surface area contributed by atoms with Crippen molar-refractivity contribution in [3.63, 3.8) is 0 Å². The minimum absolute atomic E-state index is 0.709. The van der Waals surface area contributed by atoms with Gasteiger partial charge in [0, 0.05) is 10.2 Å². The molecule has 1 aromatic heterocycles. The summed E-state index contributed by atoms with van der Waals surface area (Å²) in [6.45, 7) is 2.79. The first-order chi connectivity index (χ1) is 7.66. The van der Waals surface area contributed by atoms with Gasteiger partial charge in [-0.25, -0.2) is 0 Å². The normalized spacial score (nSPS) is 10.4. The summed E-state index contributed by atoms with van der Waals surface area (Å²) >= 11 is 5.68. The van der Waals surface area contributed by atoms with Crippen LogP contribution in [0, 0.1) is 10.7 Å². The first-order valence-corrected chi connectivity index (χ1v) is 6.77. The van der Waals surface area contributed by atoms with Crippen molar-refractivity contribution in [2.45, 2.75) is 13.5 Å². The van der Waals surface area contributed by atoms with E-state index in [1.54, 1.807) is 0 Å². The van der Waals surface area contributed by atoms with Gasteiger partial charge in [-0.05, 0) is 59.3 Å². The molecule has 16 heavy (non-hydrogen) atoms. The maximum atomic E-state index is 5.49. The van der Waals surface area contributed by atoms with E-state index in [4.69, 9.17) is 4.42 Å². The number of hydrogen-bond donors (Lipinski definition) is 1. The molecular formula is C12H11BrINO. The highest BCUT2D eigenvalue weighted by atomic mass is 127. The average molecular weight is 392 g/mol. The van der Waals surface area contributed by atoms with Crippen LogP contribution >= 0.6 is 38.5 Å². The van der Waals surface area contributed by atoms with E-state index in [1.807, 2.05) is 24.3 Å². The first-order valence-electron chi connectivity index (χ1n) is 4.90. The largest absolute Gasteiger partial charge is 0.454 e. The van der Waals surface area contributed by atoms with E-state index in [9.17, 15) is 0 Å². The lowest BCUT2D eigenvalue weighted by Gasteiger charge is -2.09. The van der Waals surface area contributed by atoms with Crippen molar-refractivity contribution in [3.05, 3.63) is 49.9 Å². The molecule has 0 saturated carbocycles. The minimum atomic E-state index is 0.709. The van der Waals surface area contributed by atoms with E-state index < -0.39 is 0 Å². The van der Waals surface area contributed by atoms with Crippen molar-refractivity contribution >= 4 is 44.2 Å². The zero-order chi connectivity index (χ0) is 11.5. The molecule has 0 aliphatic heterocycles. The maximum absolute atomic E-state index is 5.49. The van der Waals surface area contributed by atoms with Crippen molar-refractivity contribution in [2.75, 3.05) is 5.32 Å². The average Bonchev–Trinajstić information content (AvgIpc) is 2.67. The van der Waals surface area contributed by atoms with E-state index in [1.165, 1.54) is 5.56 Å². The number of nitrogens with one attached hydrogen (secondary N) is 1. The Bertz CT molecular complexity index is 496. The van der Waals surface area contributed by atoms with Crippen molar-refractivity contribution in [1.29, 1.82) is 0 Å². The van der Waals surface area contributed by atoms with Crippen molar-refractivity contribution in [1.82, 2.24) is 0 Å². The van der Waals surface area contributed by atoms with Crippen LogP contribution in [-0.2, 0) is 6.54 Å². The predicted molar refractivity (Wildman–Crippen MR) is 77.6 cm³/mol. The van der Waals surface area contributed by atoms with E-state index >= 15 is 0 Å². The van der Waals surface area contributed by atoms with Gasteiger partial charge in [0.25, 0.3) is 0 Å². The molecule has 2 nitrogen and oxygen atoms in total. The number of anilines is 1. The Morgan fingerprint density at radius 1 is 1.31 bits per heavy atom. The zero-order valence-electron chi connectivity index (χ0n) is 8.76. The summed E-state index contributed by atoms with van der Waals surface area (Å²) in [7, 11) is 0. The Balaban J connectivity index is 2.07. The molecule has 0 fully saturated rings. The molecule has 0 aliphatic rings. The van der Waals surface area contributed by atoms with Gasteiger partial charge in [0.1, 0.15) is 5.76 Å². The third-order valence-electron chi connectivity index (χ3n) is 2.35. The topological polar surface area (TPSA) is 25.2 Å². The highest BCUT2D eigenvalue weighted by Gasteiger charge is 2.03. The van der Waals surface area contributed by atoms with E-state index in [2.05, 4.69) is 56.8 Å². The fraction of sp³-hybridized carbons (Fsp3) is 0.167. The minimum Gasteiger partial charge on any atom is -0.454 e. The van der Waals surface area contributed by atoms with Gasteiger partial charge in [-0.2, -0.15) is 0 Å². The van der Waals surface area contributed by atoms with Crippen LogP contribution in [0.5, 0.6) is 0 Å². The molecule has 0 radical (unpaired) electrons.